The molecule has 0 spiro atoms. The van der Waals surface area contributed by atoms with E-state index in [1.54, 1.807) is 0 Å². The molecule has 0 amide bonds. The van der Waals surface area contributed by atoms with Crippen molar-refractivity contribution in [3.05, 3.63) is 0 Å². The molecule has 0 aliphatic carbocycles. The van der Waals surface area contributed by atoms with E-state index in [1.807, 2.05) is 0 Å². The Kier molecular flexibility index (Phi) is 6.09. The molecule has 102 valence electrons. The summed E-state index contributed by atoms with van der Waals surface area (Å²) >= 11 is 0.0803. The number of halogens is 3. The molecule has 0 bridgehead atoms. The Morgan fingerprint density at radius 1 is 1.41 bits per heavy atom. The van der Waals surface area contributed by atoms with Gasteiger partial charge in [-0.25, -0.2) is 0 Å². The zero-order chi connectivity index (χ0) is 12.9. The van der Waals surface area contributed by atoms with Gasteiger partial charge in [0.25, 0.3) is 0 Å². The van der Waals surface area contributed by atoms with Crippen LogP contribution in [-0.4, -0.2) is 48.4 Å². The summed E-state index contributed by atoms with van der Waals surface area (Å²) in [6, 6.07) is 0.430. The molecule has 1 rings (SSSR count). The van der Waals surface area contributed by atoms with Crippen molar-refractivity contribution in [2.45, 2.75) is 31.8 Å². The number of thioether (sulfide) groups is 1. The molecule has 0 aromatic carbocycles. The average molecular weight is 270 g/mol. The number of rotatable bonds is 5. The normalized spacial score (nSPS) is 23.3. The molecule has 1 saturated heterocycles. The van der Waals surface area contributed by atoms with Crippen LogP contribution in [-0.2, 0) is 0 Å². The third-order valence-electron chi connectivity index (χ3n) is 2.77. The van der Waals surface area contributed by atoms with E-state index in [0.29, 0.717) is 18.5 Å². The lowest BCUT2D eigenvalue weighted by Crippen LogP contribution is -2.51. The van der Waals surface area contributed by atoms with Crippen molar-refractivity contribution in [2.75, 3.05) is 31.9 Å². The maximum absolute atomic E-state index is 12.0. The number of piperazine rings is 1. The summed E-state index contributed by atoms with van der Waals surface area (Å²) < 4.78 is 36.0. The van der Waals surface area contributed by atoms with Crippen molar-refractivity contribution in [2.24, 2.45) is 5.92 Å². The van der Waals surface area contributed by atoms with Gasteiger partial charge in [-0.2, -0.15) is 13.2 Å². The second-order valence-corrected chi connectivity index (χ2v) is 6.04. The van der Waals surface area contributed by atoms with Crippen LogP contribution in [0.4, 0.5) is 13.2 Å². The summed E-state index contributed by atoms with van der Waals surface area (Å²) in [6.45, 7) is 7.47. The van der Waals surface area contributed by atoms with Gasteiger partial charge in [0, 0.05) is 38.0 Å². The molecule has 1 unspecified atom stereocenters. The van der Waals surface area contributed by atoms with Crippen molar-refractivity contribution >= 4 is 11.8 Å². The minimum Gasteiger partial charge on any atom is -0.311 e. The Labute approximate surface area is 105 Å². The maximum Gasteiger partial charge on any atom is 0.441 e. The largest absolute Gasteiger partial charge is 0.441 e. The molecule has 0 radical (unpaired) electrons. The van der Waals surface area contributed by atoms with Crippen LogP contribution in [0.2, 0.25) is 0 Å². The Morgan fingerprint density at radius 3 is 2.71 bits per heavy atom. The van der Waals surface area contributed by atoms with Gasteiger partial charge in [0.1, 0.15) is 0 Å². The first-order chi connectivity index (χ1) is 7.87. The van der Waals surface area contributed by atoms with Crippen molar-refractivity contribution in [3.8, 4) is 0 Å². The predicted molar refractivity (Wildman–Crippen MR) is 66.2 cm³/mol. The summed E-state index contributed by atoms with van der Waals surface area (Å²) in [7, 11) is 0. The molecule has 17 heavy (non-hydrogen) atoms. The third kappa shape index (κ3) is 7.16. The summed E-state index contributed by atoms with van der Waals surface area (Å²) in [5, 5.41) is 3.42. The lowest BCUT2D eigenvalue weighted by atomic mass is 10.0. The van der Waals surface area contributed by atoms with E-state index in [-0.39, 0.29) is 17.5 Å². The lowest BCUT2D eigenvalue weighted by Gasteiger charge is -2.34. The molecule has 1 fully saturated rings. The number of hydrogen-bond acceptors (Lipinski definition) is 3. The van der Waals surface area contributed by atoms with E-state index >= 15 is 0 Å². The number of nitrogens with one attached hydrogen (secondary N) is 1. The summed E-state index contributed by atoms with van der Waals surface area (Å²) in [6.07, 6.45) is 1.09. The Balaban J connectivity index is 2.20. The number of nitrogens with zero attached hydrogens (tertiary/aromatic N) is 1. The Bertz CT molecular complexity index is 221. The van der Waals surface area contributed by atoms with E-state index in [0.717, 1.165) is 26.1 Å². The third-order valence-corrected chi connectivity index (χ3v) is 3.48. The first-order valence-electron chi connectivity index (χ1n) is 6.03. The van der Waals surface area contributed by atoms with Crippen LogP contribution < -0.4 is 5.32 Å². The van der Waals surface area contributed by atoms with E-state index < -0.39 is 5.51 Å². The quantitative estimate of drug-likeness (QED) is 0.826. The first kappa shape index (κ1) is 15.1. The van der Waals surface area contributed by atoms with Crippen molar-refractivity contribution in [1.29, 1.82) is 0 Å². The van der Waals surface area contributed by atoms with Gasteiger partial charge in [0.05, 0.1) is 0 Å². The summed E-state index contributed by atoms with van der Waals surface area (Å²) in [5.41, 5.74) is -4.09. The fourth-order valence-electron chi connectivity index (χ4n) is 2.11. The smallest absolute Gasteiger partial charge is 0.311 e. The maximum atomic E-state index is 12.0. The van der Waals surface area contributed by atoms with E-state index in [4.69, 9.17) is 0 Å². The van der Waals surface area contributed by atoms with Crippen LogP contribution in [0.3, 0.4) is 0 Å². The van der Waals surface area contributed by atoms with Gasteiger partial charge in [0.2, 0.25) is 0 Å². The van der Waals surface area contributed by atoms with Gasteiger partial charge < -0.3 is 5.32 Å². The van der Waals surface area contributed by atoms with Crippen LogP contribution in [0.25, 0.3) is 0 Å². The van der Waals surface area contributed by atoms with Crippen LogP contribution in [0.1, 0.15) is 20.3 Å². The molecule has 1 N–H and O–H groups in total. The fraction of sp³-hybridized carbons (Fsp3) is 1.00. The highest BCUT2D eigenvalue weighted by atomic mass is 32.2. The van der Waals surface area contributed by atoms with Crippen LogP contribution >= 0.6 is 11.8 Å². The molecule has 0 aromatic heterocycles. The lowest BCUT2D eigenvalue weighted by molar-refractivity contribution is -0.0329. The number of hydrogen-bond donors (Lipinski definition) is 1. The predicted octanol–water partition coefficient (Wildman–Crippen LogP) is 2.56. The Hall–Kier alpha value is 0.0600. The van der Waals surface area contributed by atoms with Gasteiger partial charge >= 0.3 is 5.51 Å². The SMILES string of the molecule is CC(C)CC1CN(CCSC(F)(F)F)CCN1. The number of alkyl halides is 3. The zero-order valence-electron chi connectivity index (χ0n) is 10.4. The van der Waals surface area contributed by atoms with Crippen LogP contribution in [0.5, 0.6) is 0 Å². The molecule has 2 nitrogen and oxygen atoms in total. The second-order valence-electron chi connectivity index (χ2n) is 4.88. The molecule has 1 aliphatic heterocycles. The van der Waals surface area contributed by atoms with Crippen molar-refractivity contribution in [3.63, 3.8) is 0 Å². The minimum atomic E-state index is -4.09. The average Bonchev–Trinajstić information content (AvgIpc) is 2.15. The molecule has 1 heterocycles. The highest BCUT2D eigenvalue weighted by Crippen LogP contribution is 2.29. The monoisotopic (exact) mass is 270 g/mol. The summed E-state index contributed by atoms with van der Waals surface area (Å²) in [4.78, 5) is 2.13. The highest BCUT2D eigenvalue weighted by molar-refractivity contribution is 8.00. The van der Waals surface area contributed by atoms with E-state index in [1.165, 1.54) is 0 Å². The van der Waals surface area contributed by atoms with Crippen LogP contribution in [0.15, 0.2) is 0 Å². The molecule has 0 saturated carbocycles. The molecule has 1 aliphatic rings. The molecular formula is C11H21F3N2S. The van der Waals surface area contributed by atoms with Gasteiger partial charge in [-0.05, 0) is 24.1 Å². The molecular weight excluding hydrogens is 249 g/mol. The van der Waals surface area contributed by atoms with E-state index in [9.17, 15) is 13.2 Å². The van der Waals surface area contributed by atoms with Crippen LogP contribution in [0, 0.1) is 5.92 Å². The van der Waals surface area contributed by atoms with Crippen molar-refractivity contribution in [1.82, 2.24) is 10.2 Å². The second kappa shape index (κ2) is 6.85. The summed E-state index contributed by atoms with van der Waals surface area (Å²) in [5.74, 6) is 0.759. The van der Waals surface area contributed by atoms with Gasteiger partial charge in [0.15, 0.2) is 0 Å². The zero-order valence-corrected chi connectivity index (χ0v) is 11.2. The van der Waals surface area contributed by atoms with Gasteiger partial charge in [-0.15, -0.1) is 0 Å². The van der Waals surface area contributed by atoms with Gasteiger partial charge in [-0.1, -0.05) is 13.8 Å². The fourth-order valence-corrected chi connectivity index (χ4v) is 2.70. The molecule has 6 heteroatoms. The van der Waals surface area contributed by atoms with Gasteiger partial charge in [-0.3, -0.25) is 4.90 Å². The van der Waals surface area contributed by atoms with Crippen molar-refractivity contribution < 1.29 is 13.2 Å². The topological polar surface area (TPSA) is 15.3 Å². The molecule has 1 atom stereocenters. The Morgan fingerprint density at radius 2 is 2.12 bits per heavy atom. The minimum absolute atomic E-state index is 0.0803. The molecule has 0 aromatic rings. The van der Waals surface area contributed by atoms with E-state index in [2.05, 4.69) is 24.1 Å². The first-order valence-corrected chi connectivity index (χ1v) is 7.02. The standard InChI is InChI=1S/C11H21F3N2S/c1-9(2)7-10-8-16(4-3-15-10)5-6-17-11(12,13)14/h9-10,15H,3-8H2,1-2H3. The highest BCUT2D eigenvalue weighted by Gasteiger charge is 2.28.